The van der Waals surface area contributed by atoms with Crippen molar-refractivity contribution in [1.29, 1.82) is 5.41 Å². The molecule has 0 fully saturated rings. The van der Waals surface area contributed by atoms with Crippen LogP contribution in [0, 0.1) is 5.41 Å². The van der Waals surface area contributed by atoms with Crippen LogP contribution in [0.1, 0.15) is 25.5 Å². The van der Waals surface area contributed by atoms with Gasteiger partial charge in [0, 0.05) is 34.2 Å². The van der Waals surface area contributed by atoms with Crippen LogP contribution in [0.15, 0.2) is 52.4 Å². The monoisotopic (exact) mass is 430 g/mol. The minimum atomic E-state index is 0.590. The molecule has 0 bridgehead atoms. The summed E-state index contributed by atoms with van der Waals surface area (Å²) in [6, 6.07) is 11.4. The Morgan fingerprint density at radius 1 is 1.31 bits per heavy atom. The van der Waals surface area contributed by atoms with Crippen molar-refractivity contribution in [2.45, 2.75) is 26.2 Å². The Hall–Kier alpha value is -2.25. The Labute approximate surface area is 165 Å². The summed E-state index contributed by atoms with van der Waals surface area (Å²) in [6.07, 6.45) is 4.10. The third kappa shape index (κ3) is 5.12. The van der Waals surface area contributed by atoms with E-state index in [1.54, 1.807) is 6.20 Å². The van der Waals surface area contributed by atoms with Gasteiger partial charge in [-0.1, -0.05) is 31.5 Å². The van der Waals surface area contributed by atoms with E-state index in [2.05, 4.69) is 38.1 Å². The van der Waals surface area contributed by atoms with Crippen molar-refractivity contribution in [3.05, 3.63) is 58.1 Å². The van der Waals surface area contributed by atoms with Gasteiger partial charge in [0.1, 0.15) is 5.75 Å². The molecule has 2 N–H and O–H groups in total. The highest BCUT2D eigenvalue weighted by Gasteiger charge is 2.11. The normalized spacial score (nSPS) is 10.5. The summed E-state index contributed by atoms with van der Waals surface area (Å²) >= 11 is 4.93. The van der Waals surface area contributed by atoms with Gasteiger partial charge in [-0.05, 0) is 34.5 Å². The maximum Gasteiger partial charge on any atom is 0.188 e. The van der Waals surface area contributed by atoms with E-state index < -0.39 is 0 Å². The van der Waals surface area contributed by atoms with Crippen molar-refractivity contribution in [2.24, 2.45) is 0 Å². The molecule has 7 heteroatoms. The Bertz CT molecular complexity index is 882. The zero-order chi connectivity index (χ0) is 18.4. The molecular weight excluding hydrogens is 412 g/mol. The molecule has 0 saturated heterocycles. The molecule has 3 rings (SSSR count). The number of hydrogen-bond donors (Lipinski definition) is 2. The van der Waals surface area contributed by atoms with E-state index in [4.69, 9.17) is 10.1 Å². The second-order valence-electron chi connectivity index (χ2n) is 5.71. The largest absolute Gasteiger partial charge is 0.453 e. The second kappa shape index (κ2) is 8.91. The summed E-state index contributed by atoms with van der Waals surface area (Å²) < 4.78 is 6.79. The fourth-order valence-corrected chi connectivity index (χ4v) is 3.38. The van der Waals surface area contributed by atoms with Crippen LogP contribution in [0.5, 0.6) is 11.5 Å². The van der Waals surface area contributed by atoms with E-state index >= 15 is 0 Å². The molecule has 0 radical (unpaired) electrons. The van der Waals surface area contributed by atoms with E-state index in [-0.39, 0.29) is 0 Å². The lowest BCUT2D eigenvalue weighted by molar-refractivity contribution is 0.482. The van der Waals surface area contributed by atoms with Gasteiger partial charge in [-0.2, -0.15) is 0 Å². The van der Waals surface area contributed by atoms with Gasteiger partial charge in [0.05, 0.1) is 5.69 Å². The lowest BCUT2D eigenvalue weighted by Crippen LogP contribution is -2.01. The molecule has 2 heterocycles. The van der Waals surface area contributed by atoms with Gasteiger partial charge in [-0.15, -0.1) is 11.3 Å². The molecular formula is C19H19BrN4OS. The number of nitrogens with one attached hydrogen (secondary N) is 2. The molecule has 0 aliphatic rings. The molecule has 1 aromatic carbocycles. The number of nitrogens with zero attached hydrogens (tertiary/aromatic N) is 2. The molecule has 3 aromatic rings. The maximum absolute atomic E-state index is 7.95. The van der Waals surface area contributed by atoms with E-state index in [1.807, 2.05) is 41.8 Å². The summed E-state index contributed by atoms with van der Waals surface area (Å²) in [5.74, 6) is 1.95. The van der Waals surface area contributed by atoms with Gasteiger partial charge in [-0.3, -0.25) is 0 Å². The minimum Gasteiger partial charge on any atom is -0.453 e. The van der Waals surface area contributed by atoms with E-state index in [0.29, 0.717) is 23.7 Å². The summed E-state index contributed by atoms with van der Waals surface area (Å²) in [5, 5.41) is 13.9. The highest BCUT2D eigenvalue weighted by atomic mass is 79.9. The quantitative estimate of drug-likeness (QED) is 0.417. The molecule has 0 amide bonds. The number of hydrogen-bond acceptors (Lipinski definition) is 6. The summed E-state index contributed by atoms with van der Waals surface area (Å²) in [6.45, 7) is 2.08. The van der Waals surface area contributed by atoms with E-state index in [9.17, 15) is 0 Å². The van der Waals surface area contributed by atoms with Crippen LogP contribution in [0.2, 0.25) is 0 Å². The van der Waals surface area contributed by atoms with Gasteiger partial charge in [0.2, 0.25) is 0 Å². The summed E-state index contributed by atoms with van der Waals surface area (Å²) in [4.78, 5) is 8.97. The van der Waals surface area contributed by atoms with Crippen LogP contribution in [0.4, 0.5) is 10.9 Å². The minimum absolute atomic E-state index is 0.590. The molecule has 0 atom stereocenters. The number of thiazole rings is 1. The highest BCUT2D eigenvalue weighted by Crippen LogP contribution is 2.33. The van der Waals surface area contributed by atoms with Gasteiger partial charge >= 0.3 is 0 Å². The predicted octanol–water partition coefficient (Wildman–Crippen LogP) is 6.20. The van der Waals surface area contributed by atoms with Crippen molar-refractivity contribution in [1.82, 2.24) is 9.97 Å². The number of ether oxygens (including phenoxy) is 1. The molecule has 134 valence electrons. The van der Waals surface area contributed by atoms with Gasteiger partial charge < -0.3 is 15.5 Å². The number of para-hydroxylation sites is 1. The first-order valence-electron chi connectivity index (χ1n) is 8.30. The van der Waals surface area contributed by atoms with Crippen LogP contribution < -0.4 is 10.1 Å². The van der Waals surface area contributed by atoms with Crippen molar-refractivity contribution in [3.8, 4) is 11.5 Å². The SMILES string of the molecule is CCCC(=N)Cc1csc(Nc2ncc(Br)cc2Oc2ccccc2)n1. The molecule has 2 aromatic heterocycles. The predicted molar refractivity (Wildman–Crippen MR) is 110 cm³/mol. The Morgan fingerprint density at radius 2 is 2.12 bits per heavy atom. The lowest BCUT2D eigenvalue weighted by Gasteiger charge is -2.11. The molecule has 0 spiro atoms. The van der Waals surface area contributed by atoms with Crippen LogP contribution in [-0.4, -0.2) is 15.7 Å². The second-order valence-corrected chi connectivity index (χ2v) is 7.49. The topological polar surface area (TPSA) is 70.9 Å². The molecule has 0 unspecified atom stereocenters. The van der Waals surface area contributed by atoms with Gasteiger partial charge in [-0.25, -0.2) is 9.97 Å². The first kappa shape index (κ1) is 18.5. The van der Waals surface area contributed by atoms with E-state index in [0.717, 1.165) is 33.9 Å². The third-order valence-electron chi connectivity index (χ3n) is 3.51. The van der Waals surface area contributed by atoms with Crippen molar-refractivity contribution >= 4 is 43.9 Å². The first-order chi connectivity index (χ1) is 12.6. The third-order valence-corrected chi connectivity index (χ3v) is 4.75. The Kier molecular flexibility index (Phi) is 6.35. The molecule has 0 aliphatic carbocycles. The molecule has 26 heavy (non-hydrogen) atoms. The lowest BCUT2D eigenvalue weighted by atomic mass is 10.1. The molecule has 5 nitrogen and oxygen atoms in total. The van der Waals surface area contributed by atoms with Crippen LogP contribution in [0.25, 0.3) is 0 Å². The molecule has 0 aliphatic heterocycles. The van der Waals surface area contributed by atoms with Crippen molar-refractivity contribution < 1.29 is 4.74 Å². The highest BCUT2D eigenvalue weighted by molar-refractivity contribution is 9.10. The number of halogens is 1. The fourth-order valence-electron chi connectivity index (χ4n) is 2.36. The van der Waals surface area contributed by atoms with Crippen molar-refractivity contribution in [2.75, 3.05) is 5.32 Å². The van der Waals surface area contributed by atoms with E-state index in [1.165, 1.54) is 11.3 Å². The van der Waals surface area contributed by atoms with Crippen LogP contribution in [0.3, 0.4) is 0 Å². The number of rotatable bonds is 8. The van der Waals surface area contributed by atoms with Gasteiger partial charge in [0.25, 0.3) is 0 Å². The van der Waals surface area contributed by atoms with Crippen LogP contribution >= 0.6 is 27.3 Å². The fraction of sp³-hybridized carbons (Fsp3) is 0.211. The number of anilines is 2. The zero-order valence-electron chi connectivity index (χ0n) is 14.3. The maximum atomic E-state index is 7.95. The number of aromatic nitrogens is 2. The zero-order valence-corrected chi connectivity index (χ0v) is 16.7. The number of pyridine rings is 1. The van der Waals surface area contributed by atoms with Gasteiger partial charge in [0.15, 0.2) is 16.7 Å². The summed E-state index contributed by atoms with van der Waals surface area (Å²) in [5.41, 5.74) is 1.61. The number of benzene rings is 1. The standard InChI is InChI=1S/C19H19BrN4OS/c1-2-6-14(21)10-15-12-26-19(23-15)24-18-17(9-13(20)11-22-18)25-16-7-4-3-5-8-16/h3-5,7-9,11-12,21H,2,6,10H2,1H3,(H,22,23,24). The average Bonchev–Trinajstić information content (AvgIpc) is 3.05. The first-order valence-corrected chi connectivity index (χ1v) is 9.97. The van der Waals surface area contributed by atoms with Crippen LogP contribution in [-0.2, 0) is 6.42 Å². The summed E-state index contributed by atoms with van der Waals surface area (Å²) in [7, 11) is 0. The van der Waals surface area contributed by atoms with Crippen molar-refractivity contribution in [3.63, 3.8) is 0 Å². The average molecular weight is 431 g/mol. The smallest absolute Gasteiger partial charge is 0.188 e. The Balaban J connectivity index is 1.75. The Morgan fingerprint density at radius 3 is 2.88 bits per heavy atom. The molecule has 0 saturated carbocycles.